The van der Waals surface area contributed by atoms with Crippen molar-refractivity contribution in [2.45, 2.75) is 4.90 Å². The van der Waals surface area contributed by atoms with Crippen LogP contribution in [0.2, 0.25) is 0 Å². The Labute approximate surface area is 178 Å². The van der Waals surface area contributed by atoms with Crippen LogP contribution in [0.15, 0.2) is 107 Å². The molecule has 0 aliphatic carbocycles. The van der Waals surface area contributed by atoms with Gasteiger partial charge in [0.25, 0.3) is 5.91 Å². The van der Waals surface area contributed by atoms with Gasteiger partial charge in [-0.2, -0.15) is 0 Å². The van der Waals surface area contributed by atoms with Crippen molar-refractivity contribution in [1.29, 1.82) is 0 Å². The topological polar surface area (TPSA) is 59.3 Å². The molecule has 0 atom stereocenters. The SMILES string of the molecule is O=C(CSc1cccc(NC(=O)c2ccco2)c1)c1ccc(-c2ccccc2)cc1. The Morgan fingerprint density at radius 2 is 1.57 bits per heavy atom. The number of hydrogen-bond donors (Lipinski definition) is 1. The summed E-state index contributed by atoms with van der Waals surface area (Å²) in [6.07, 6.45) is 1.46. The number of nitrogens with one attached hydrogen (secondary N) is 1. The maximum absolute atomic E-state index is 12.6. The van der Waals surface area contributed by atoms with Gasteiger partial charge in [0.15, 0.2) is 11.5 Å². The van der Waals surface area contributed by atoms with Crippen molar-refractivity contribution in [2.75, 3.05) is 11.1 Å². The molecule has 0 saturated carbocycles. The summed E-state index contributed by atoms with van der Waals surface area (Å²) in [5.74, 6) is 0.323. The summed E-state index contributed by atoms with van der Waals surface area (Å²) in [4.78, 5) is 25.6. The van der Waals surface area contributed by atoms with Crippen LogP contribution < -0.4 is 5.32 Å². The smallest absolute Gasteiger partial charge is 0.291 e. The minimum absolute atomic E-state index is 0.0598. The molecule has 4 rings (SSSR count). The highest BCUT2D eigenvalue weighted by Gasteiger charge is 2.10. The van der Waals surface area contributed by atoms with Crippen LogP contribution in [0.1, 0.15) is 20.9 Å². The molecule has 1 N–H and O–H groups in total. The highest BCUT2D eigenvalue weighted by Crippen LogP contribution is 2.24. The minimum atomic E-state index is -0.309. The molecule has 30 heavy (non-hydrogen) atoms. The van der Waals surface area contributed by atoms with E-state index in [0.717, 1.165) is 16.0 Å². The molecule has 0 unspecified atom stereocenters. The monoisotopic (exact) mass is 413 g/mol. The zero-order valence-corrected chi connectivity index (χ0v) is 16.9. The van der Waals surface area contributed by atoms with E-state index in [1.54, 1.807) is 18.2 Å². The number of Topliss-reactive ketones (excluding diaryl/α,β-unsaturated/α-hetero) is 1. The van der Waals surface area contributed by atoms with E-state index >= 15 is 0 Å². The molecule has 5 heteroatoms. The van der Waals surface area contributed by atoms with E-state index in [2.05, 4.69) is 5.32 Å². The number of amides is 1. The van der Waals surface area contributed by atoms with Gasteiger partial charge in [0.2, 0.25) is 0 Å². The number of ketones is 1. The number of carbonyl (C=O) groups excluding carboxylic acids is 2. The van der Waals surface area contributed by atoms with Crippen molar-refractivity contribution >= 4 is 29.1 Å². The quantitative estimate of drug-likeness (QED) is 0.291. The van der Waals surface area contributed by atoms with E-state index in [9.17, 15) is 9.59 Å². The predicted molar refractivity (Wildman–Crippen MR) is 120 cm³/mol. The summed E-state index contributed by atoms with van der Waals surface area (Å²) < 4.78 is 5.10. The number of rotatable bonds is 7. The summed E-state index contributed by atoms with van der Waals surface area (Å²) in [5.41, 5.74) is 3.55. The van der Waals surface area contributed by atoms with Crippen molar-refractivity contribution in [2.24, 2.45) is 0 Å². The van der Waals surface area contributed by atoms with E-state index in [1.807, 2.05) is 72.8 Å². The van der Waals surface area contributed by atoms with Crippen LogP contribution in [0.4, 0.5) is 5.69 Å². The Morgan fingerprint density at radius 3 is 2.30 bits per heavy atom. The Kier molecular flexibility index (Phi) is 6.11. The molecule has 0 radical (unpaired) electrons. The molecule has 4 aromatic rings. The molecule has 3 aromatic carbocycles. The first-order valence-corrected chi connectivity index (χ1v) is 10.4. The molecule has 0 aliphatic heterocycles. The average Bonchev–Trinajstić information content (AvgIpc) is 3.34. The van der Waals surface area contributed by atoms with Crippen LogP contribution in [-0.2, 0) is 0 Å². The van der Waals surface area contributed by atoms with Crippen LogP contribution in [0.25, 0.3) is 11.1 Å². The number of benzene rings is 3. The van der Waals surface area contributed by atoms with Gasteiger partial charge in [0.05, 0.1) is 12.0 Å². The summed E-state index contributed by atoms with van der Waals surface area (Å²) in [6.45, 7) is 0. The molecule has 0 bridgehead atoms. The van der Waals surface area contributed by atoms with Crippen LogP contribution in [-0.4, -0.2) is 17.4 Å². The molecule has 148 valence electrons. The lowest BCUT2D eigenvalue weighted by Crippen LogP contribution is -2.10. The lowest BCUT2D eigenvalue weighted by Gasteiger charge is -2.07. The van der Waals surface area contributed by atoms with Crippen molar-refractivity contribution in [3.8, 4) is 11.1 Å². The minimum Gasteiger partial charge on any atom is -0.459 e. The summed E-state index contributed by atoms with van der Waals surface area (Å²) in [7, 11) is 0. The molecular weight excluding hydrogens is 394 g/mol. The van der Waals surface area contributed by atoms with Crippen molar-refractivity contribution < 1.29 is 14.0 Å². The molecule has 0 fully saturated rings. The van der Waals surface area contributed by atoms with Crippen LogP contribution >= 0.6 is 11.8 Å². The molecule has 1 heterocycles. The molecule has 0 saturated heterocycles. The third-order valence-corrected chi connectivity index (χ3v) is 5.51. The fourth-order valence-corrected chi connectivity index (χ4v) is 3.82. The van der Waals surface area contributed by atoms with Gasteiger partial charge in [0, 0.05) is 16.1 Å². The Hall–Kier alpha value is -3.57. The first-order chi connectivity index (χ1) is 14.7. The maximum Gasteiger partial charge on any atom is 0.291 e. The first-order valence-electron chi connectivity index (χ1n) is 9.45. The van der Waals surface area contributed by atoms with Crippen LogP contribution in [0, 0.1) is 0 Å². The zero-order valence-electron chi connectivity index (χ0n) is 16.1. The number of carbonyl (C=O) groups is 2. The standard InChI is InChI=1S/C25H19NO3S/c27-23(20-13-11-19(12-14-20)18-6-2-1-3-7-18)17-30-22-9-4-8-21(16-22)26-25(28)24-10-5-15-29-24/h1-16H,17H2,(H,26,28). The van der Waals surface area contributed by atoms with Gasteiger partial charge >= 0.3 is 0 Å². The van der Waals surface area contributed by atoms with Gasteiger partial charge in [-0.15, -0.1) is 11.8 Å². The highest BCUT2D eigenvalue weighted by molar-refractivity contribution is 8.00. The zero-order chi connectivity index (χ0) is 20.8. The summed E-state index contributed by atoms with van der Waals surface area (Å²) in [5, 5.41) is 2.79. The Bertz CT molecular complexity index is 1140. The average molecular weight is 413 g/mol. The Balaban J connectivity index is 1.36. The van der Waals surface area contributed by atoms with Crippen LogP contribution in [0.3, 0.4) is 0 Å². The van der Waals surface area contributed by atoms with Gasteiger partial charge in [-0.1, -0.05) is 60.7 Å². The summed E-state index contributed by atoms with van der Waals surface area (Å²) >= 11 is 1.44. The van der Waals surface area contributed by atoms with Gasteiger partial charge in [-0.3, -0.25) is 9.59 Å². The van der Waals surface area contributed by atoms with Crippen molar-refractivity contribution in [1.82, 2.24) is 0 Å². The lowest BCUT2D eigenvalue weighted by molar-refractivity contribution is 0.0994. The maximum atomic E-state index is 12.6. The third-order valence-electron chi connectivity index (χ3n) is 4.52. The van der Waals surface area contributed by atoms with Crippen molar-refractivity contribution in [3.63, 3.8) is 0 Å². The fourth-order valence-electron chi connectivity index (χ4n) is 2.98. The first kappa shape index (κ1) is 19.7. The largest absolute Gasteiger partial charge is 0.459 e. The predicted octanol–water partition coefficient (Wildman–Crippen LogP) is 6.17. The molecular formula is C25H19NO3S. The van der Waals surface area contributed by atoms with Gasteiger partial charge in [0.1, 0.15) is 0 Å². The Morgan fingerprint density at radius 1 is 0.800 bits per heavy atom. The van der Waals surface area contributed by atoms with E-state index in [4.69, 9.17) is 4.42 Å². The third kappa shape index (κ3) is 4.88. The lowest BCUT2D eigenvalue weighted by atomic mass is 10.0. The number of hydrogen-bond acceptors (Lipinski definition) is 4. The fraction of sp³-hybridized carbons (Fsp3) is 0.0400. The summed E-state index contributed by atoms with van der Waals surface area (Å²) in [6, 6.07) is 28.4. The van der Waals surface area contributed by atoms with E-state index in [0.29, 0.717) is 17.0 Å². The number of furan rings is 1. The molecule has 4 nitrogen and oxygen atoms in total. The highest BCUT2D eigenvalue weighted by atomic mass is 32.2. The van der Waals surface area contributed by atoms with E-state index in [-0.39, 0.29) is 17.5 Å². The van der Waals surface area contributed by atoms with E-state index in [1.165, 1.54) is 18.0 Å². The second-order valence-corrected chi connectivity index (χ2v) is 7.66. The molecule has 1 aromatic heterocycles. The van der Waals surface area contributed by atoms with Gasteiger partial charge < -0.3 is 9.73 Å². The number of anilines is 1. The van der Waals surface area contributed by atoms with Gasteiger partial charge in [-0.05, 0) is 41.5 Å². The molecule has 0 aliphatic rings. The normalized spacial score (nSPS) is 10.5. The van der Waals surface area contributed by atoms with Gasteiger partial charge in [-0.25, -0.2) is 0 Å². The van der Waals surface area contributed by atoms with E-state index < -0.39 is 0 Å². The van der Waals surface area contributed by atoms with Crippen LogP contribution in [0.5, 0.6) is 0 Å². The van der Waals surface area contributed by atoms with Crippen molar-refractivity contribution in [3.05, 3.63) is 109 Å². The molecule has 0 spiro atoms. The second kappa shape index (κ2) is 9.29. The number of thioether (sulfide) groups is 1. The molecule has 1 amide bonds. The second-order valence-electron chi connectivity index (χ2n) is 6.61.